The quantitative estimate of drug-likeness (QED) is 0.898. The number of aliphatic imine (C=N–C) groups is 1. The third-order valence-electron chi connectivity index (χ3n) is 4.33. The minimum absolute atomic E-state index is 0.125. The van der Waals surface area contributed by atoms with Gasteiger partial charge in [0.1, 0.15) is 11.5 Å². The summed E-state index contributed by atoms with van der Waals surface area (Å²) in [6.07, 6.45) is 0. The van der Waals surface area contributed by atoms with Gasteiger partial charge in [0, 0.05) is 5.56 Å². The summed E-state index contributed by atoms with van der Waals surface area (Å²) in [5.74, 6) is -0.486. The molecule has 124 valence electrons. The van der Waals surface area contributed by atoms with Crippen LogP contribution in [-0.4, -0.2) is 31.4 Å². The highest BCUT2D eigenvalue weighted by molar-refractivity contribution is 6.54. The molecule has 2 aromatic rings. The van der Waals surface area contributed by atoms with Gasteiger partial charge in [0.05, 0.1) is 24.5 Å². The van der Waals surface area contributed by atoms with Gasteiger partial charge in [0.25, 0.3) is 5.91 Å². The number of carbonyl (C=O) groups is 1. The van der Waals surface area contributed by atoms with E-state index >= 15 is 0 Å². The number of carbonyl (C=O) groups excluding carboxylic acids is 1. The minimum Gasteiger partial charge on any atom is -0.318 e. The third-order valence-corrected chi connectivity index (χ3v) is 4.33. The third kappa shape index (κ3) is 3.08. The summed E-state index contributed by atoms with van der Waals surface area (Å²) < 4.78 is 13.4. The Hall–Kier alpha value is -2.53. The van der Waals surface area contributed by atoms with Crippen LogP contribution in [-0.2, 0) is 4.79 Å². The lowest BCUT2D eigenvalue weighted by Gasteiger charge is -2.23. The van der Waals surface area contributed by atoms with Gasteiger partial charge in [-0.25, -0.2) is 9.38 Å². The van der Waals surface area contributed by atoms with Crippen molar-refractivity contribution in [2.24, 2.45) is 4.99 Å². The molecule has 5 heteroatoms. The van der Waals surface area contributed by atoms with E-state index in [0.29, 0.717) is 18.1 Å². The molecule has 0 saturated carbocycles. The van der Waals surface area contributed by atoms with Gasteiger partial charge in [0.15, 0.2) is 6.67 Å². The van der Waals surface area contributed by atoms with Gasteiger partial charge in [-0.1, -0.05) is 24.3 Å². The smallest absolute Gasteiger partial charge is 0.281 e. The van der Waals surface area contributed by atoms with E-state index in [-0.39, 0.29) is 11.7 Å². The predicted octanol–water partition coefficient (Wildman–Crippen LogP) is 2.18. The van der Waals surface area contributed by atoms with Crippen molar-refractivity contribution in [3.05, 3.63) is 59.9 Å². The molecule has 1 aliphatic rings. The molecule has 1 N–H and O–H groups in total. The van der Waals surface area contributed by atoms with Crippen LogP contribution in [0, 0.1) is 5.82 Å². The lowest BCUT2D eigenvalue weighted by Crippen LogP contribution is -3.13. The maximum Gasteiger partial charge on any atom is 0.281 e. The zero-order valence-electron chi connectivity index (χ0n) is 13.9. The fourth-order valence-corrected chi connectivity index (χ4v) is 2.90. The van der Waals surface area contributed by atoms with E-state index in [2.05, 4.69) is 18.8 Å². The van der Waals surface area contributed by atoms with Crippen LogP contribution in [0.5, 0.6) is 0 Å². The molecule has 3 rings (SSSR count). The van der Waals surface area contributed by atoms with E-state index < -0.39 is 0 Å². The van der Waals surface area contributed by atoms with Crippen molar-refractivity contribution in [2.45, 2.75) is 13.8 Å². The SMILES string of the molecule is CC[NH+](CC)CN1C(=O)C(=Nc2cccc(F)c2)c2ccccc21. The van der Waals surface area contributed by atoms with Crippen LogP contribution in [0.15, 0.2) is 53.5 Å². The monoisotopic (exact) mass is 326 g/mol. The molecule has 24 heavy (non-hydrogen) atoms. The topological polar surface area (TPSA) is 37.1 Å². The number of hydrogen-bond acceptors (Lipinski definition) is 2. The van der Waals surface area contributed by atoms with Crippen molar-refractivity contribution in [1.29, 1.82) is 0 Å². The average molecular weight is 326 g/mol. The molecule has 0 radical (unpaired) electrons. The van der Waals surface area contributed by atoms with Crippen LogP contribution in [0.3, 0.4) is 0 Å². The summed E-state index contributed by atoms with van der Waals surface area (Å²) in [5.41, 5.74) is 2.50. The molecule has 0 aromatic heterocycles. The molecule has 1 aliphatic heterocycles. The van der Waals surface area contributed by atoms with E-state index in [1.165, 1.54) is 17.0 Å². The van der Waals surface area contributed by atoms with E-state index in [9.17, 15) is 9.18 Å². The first-order valence-corrected chi connectivity index (χ1v) is 8.23. The molecule has 0 spiro atoms. The van der Waals surface area contributed by atoms with Crippen molar-refractivity contribution in [1.82, 2.24) is 0 Å². The summed E-state index contributed by atoms with van der Waals surface area (Å²) in [5, 5.41) is 0. The Morgan fingerprint density at radius 1 is 1.08 bits per heavy atom. The van der Waals surface area contributed by atoms with Gasteiger partial charge < -0.3 is 4.90 Å². The van der Waals surface area contributed by atoms with Crippen molar-refractivity contribution < 1.29 is 14.1 Å². The van der Waals surface area contributed by atoms with Crippen molar-refractivity contribution in [2.75, 3.05) is 24.7 Å². The second kappa shape index (κ2) is 6.93. The Kier molecular flexibility index (Phi) is 4.71. The largest absolute Gasteiger partial charge is 0.318 e. The van der Waals surface area contributed by atoms with Crippen LogP contribution < -0.4 is 9.80 Å². The summed E-state index contributed by atoms with van der Waals surface area (Å²) in [4.78, 5) is 20.4. The maximum absolute atomic E-state index is 13.4. The normalized spacial score (nSPS) is 15.4. The lowest BCUT2D eigenvalue weighted by atomic mass is 10.1. The number of para-hydroxylation sites is 1. The molecule has 0 saturated heterocycles. The fraction of sp³-hybridized carbons (Fsp3) is 0.263. The molecular formula is C19H21FN3O+. The number of fused-ring (bicyclic) bond motifs is 1. The minimum atomic E-state index is -0.361. The molecule has 0 bridgehead atoms. The van der Waals surface area contributed by atoms with Crippen LogP contribution in [0.4, 0.5) is 15.8 Å². The highest BCUT2D eigenvalue weighted by Crippen LogP contribution is 2.30. The van der Waals surface area contributed by atoms with Gasteiger partial charge >= 0.3 is 0 Å². The zero-order chi connectivity index (χ0) is 17.1. The molecule has 4 nitrogen and oxygen atoms in total. The van der Waals surface area contributed by atoms with Gasteiger partial charge in [-0.3, -0.25) is 9.69 Å². The summed E-state index contributed by atoms with van der Waals surface area (Å²) in [6.45, 7) is 6.70. The van der Waals surface area contributed by atoms with E-state index in [1.54, 1.807) is 17.0 Å². The Balaban J connectivity index is 2.01. The molecule has 0 atom stereocenters. The van der Waals surface area contributed by atoms with Crippen LogP contribution in [0.2, 0.25) is 0 Å². The standard InChI is InChI=1S/C19H20FN3O/c1-3-22(4-2)13-23-17-11-6-5-10-16(17)18(19(23)24)21-15-9-7-8-14(20)12-15/h5-12H,3-4,13H2,1-2H3/p+1. The molecule has 0 fully saturated rings. The first-order valence-electron chi connectivity index (χ1n) is 8.23. The Morgan fingerprint density at radius 3 is 2.54 bits per heavy atom. The molecule has 1 heterocycles. The second-order valence-electron chi connectivity index (χ2n) is 5.81. The van der Waals surface area contributed by atoms with Crippen molar-refractivity contribution >= 4 is 23.0 Å². The number of nitrogens with one attached hydrogen (secondary N) is 1. The van der Waals surface area contributed by atoms with E-state index in [0.717, 1.165) is 24.3 Å². The average Bonchev–Trinajstić information content (AvgIpc) is 2.85. The van der Waals surface area contributed by atoms with Crippen LogP contribution in [0.1, 0.15) is 19.4 Å². The van der Waals surface area contributed by atoms with E-state index in [4.69, 9.17) is 0 Å². The number of benzene rings is 2. The molecule has 1 amide bonds. The number of anilines is 1. The number of quaternary nitrogens is 1. The van der Waals surface area contributed by atoms with Gasteiger partial charge in [-0.2, -0.15) is 0 Å². The maximum atomic E-state index is 13.4. The number of hydrogen-bond donors (Lipinski definition) is 1. The van der Waals surface area contributed by atoms with Gasteiger partial charge in [-0.15, -0.1) is 0 Å². The highest BCUT2D eigenvalue weighted by Gasteiger charge is 2.35. The van der Waals surface area contributed by atoms with Crippen LogP contribution in [0.25, 0.3) is 0 Å². The number of rotatable bonds is 5. The number of amides is 1. The van der Waals surface area contributed by atoms with Crippen molar-refractivity contribution in [3.8, 4) is 0 Å². The molecular weight excluding hydrogens is 305 g/mol. The summed E-state index contributed by atoms with van der Waals surface area (Å²) in [7, 11) is 0. The Labute approximate surface area is 141 Å². The van der Waals surface area contributed by atoms with Crippen LogP contribution >= 0.6 is 0 Å². The molecule has 2 aromatic carbocycles. The van der Waals surface area contributed by atoms with E-state index in [1.807, 2.05) is 24.3 Å². The summed E-state index contributed by atoms with van der Waals surface area (Å²) >= 11 is 0. The van der Waals surface area contributed by atoms with Gasteiger partial charge in [0.2, 0.25) is 0 Å². The summed E-state index contributed by atoms with van der Waals surface area (Å²) in [6, 6.07) is 13.6. The Morgan fingerprint density at radius 2 is 1.83 bits per heavy atom. The van der Waals surface area contributed by atoms with Crippen molar-refractivity contribution in [3.63, 3.8) is 0 Å². The van der Waals surface area contributed by atoms with Gasteiger partial charge in [-0.05, 0) is 38.1 Å². The Bertz CT molecular complexity index is 784. The predicted molar refractivity (Wildman–Crippen MR) is 93.4 cm³/mol. The number of halogens is 1. The number of nitrogens with zero attached hydrogens (tertiary/aromatic N) is 2. The first-order chi connectivity index (χ1) is 11.6. The lowest BCUT2D eigenvalue weighted by molar-refractivity contribution is -0.895. The second-order valence-corrected chi connectivity index (χ2v) is 5.81. The fourth-order valence-electron chi connectivity index (χ4n) is 2.90. The zero-order valence-corrected chi connectivity index (χ0v) is 13.9. The highest BCUT2D eigenvalue weighted by atomic mass is 19.1. The molecule has 0 aliphatic carbocycles. The first kappa shape index (κ1) is 16.3. The molecule has 0 unspecified atom stereocenters.